The molecule has 0 aliphatic rings. The molecule has 5 nitrogen and oxygen atoms in total. The zero-order chi connectivity index (χ0) is 12.3. The lowest BCUT2D eigenvalue weighted by atomic mass is 10.4. The molecule has 0 fully saturated rings. The van der Waals surface area contributed by atoms with Gasteiger partial charge in [0, 0.05) is 11.1 Å². The van der Waals surface area contributed by atoms with Gasteiger partial charge in [0.15, 0.2) is 5.25 Å². The van der Waals surface area contributed by atoms with E-state index in [1.54, 1.807) is 13.0 Å². The number of aromatic nitrogens is 1. The molecule has 1 heterocycles. The Morgan fingerprint density at radius 2 is 2.19 bits per heavy atom. The summed E-state index contributed by atoms with van der Waals surface area (Å²) in [6.45, 7) is 4.90. The number of nitriles is 1. The van der Waals surface area contributed by atoms with Crippen molar-refractivity contribution in [2.75, 3.05) is 0 Å². The van der Waals surface area contributed by atoms with Crippen molar-refractivity contribution in [1.29, 1.82) is 5.26 Å². The summed E-state index contributed by atoms with van der Waals surface area (Å²) in [6, 6.07) is 1.30. The second-order valence-corrected chi connectivity index (χ2v) is 6.41. The predicted molar refractivity (Wildman–Crippen MR) is 62.4 cm³/mol. The number of sulfonamides is 1. The van der Waals surface area contributed by atoms with Crippen LogP contribution in [0.1, 0.15) is 30.6 Å². The minimum Gasteiger partial charge on any atom is -0.245 e. The molecule has 7 heteroatoms. The number of aryl methyl sites for hydroxylation is 1. The Morgan fingerprint density at radius 3 is 2.62 bits per heavy atom. The Morgan fingerprint density at radius 1 is 1.56 bits per heavy atom. The Kier molecular flexibility index (Phi) is 4.02. The standard InChI is InChI=1S/C9H13N3O2S2/c1-6-5-15-9(11-6)8(3)12-16(13,14)7(2)4-10/h5,7-8,12H,1-3H3. The fourth-order valence-corrected chi connectivity index (χ4v) is 2.86. The molecule has 0 radical (unpaired) electrons. The van der Waals surface area contributed by atoms with Crippen molar-refractivity contribution in [1.82, 2.24) is 9.71 Å². The van der Waals surface area contributed by atoms with Crippen molar-refractivity contribution in [3.05, 3.63) is 16.1 Å². The first-order valence-electron chi connectivity index (χ1n) is 4.69. The van der Waals surface area contributed by atoms with Crippen LogP contribution in [-0.2, 0) is 10.0 Å². The molecule has 2 atom stereocenters. The van der Waals surface area contributed by atoms with E-state index in [9.17, 15) is 8.42 Å². The molecule has 0 aromatic carbocycles. The fraction of sp³-hybridized carbons (Fsp3) is 0.556. The lowest BCUT2D eigenvalue weighted by Crippen LogP contribution is -2.33. The molecular weight excluding hydrogens is 246 g/mol. The van der Waals surface area contributed by atoms with Crippen molar-refractivity contribution in [3.63, 3.8) is 0 Å². The molecule has 88 valence electrons. The molecule has 0 bridgehead atoms. The molecule has 1 rings (SSSR count). The SMILES string of the molecule is Cc1csc(C(C)NS(=O)(=O)C(C)C#N)n1. The lowest BCUT2D eigenvalue weighted by molar-refractivity contribution is 0.562. The zero-order valence-corrected chi connectivity index (χ0v) is 10.9. The summed E-state index contributed by atoms with van der Waals surface area (Å²) in [4.78, 5) is 4.19. The van der Waals surface area contributed by atoms with Gasteiger partial charge >= 0.3 is 0 Å². The van der Waals surface area contributed by atoms with Gasteiger partial charge in [-0.2, -0.15) is 5.26 Å². The second-order valence-electron chi connectivity index (χ2n) is 3.48. The van der Waals surface area contributed by atoms with Gasteiger partial charge in [0.1, 0.15) is 5.01 Å². The predicted octanol–water partition coefficient (Wildman–Crippen LogP) is 1.34. The molecule has 1 aromatic heterocycles. The summed E-state index contributed by atoms with van der Waals surface area (Å²) in [5, 5.41) is 10.1. The summed E-state index contributed by atoms with van der Waals surface area (Å²) in [5.41, 5.74) is 0.861. The van der Waals surface area contributed by atoms with Crippen LogP contribution in [-0.4, -0.2) is 18.7 Å². The third kappa shape index (κ3) is 3.01. The molecule has 0 aliphatic carbocycles. The highest BCUT2D eigenvalue weighted by atomic mass is 32.2. The monoisotopic (exact) mass is 259 g/mol. The quantitative estimate of drug-likeness (QED) is 0.884. The summed E-state index contributed by atoms with van der Waals surface area (Å²) in [6.07, 6.45) is 0. The zero-order valence-electron chi connectivity index (χ0n) is 9.26. The van der Waals surface area contributed by atoms with Gasteiger partial charge in [-0.15, -0.1) is 11.3 Å². The molecule has 0 amide bonds. The van der Waals surface area contributed by atoms with E-state index in [1.165, 1.54) is 18.3 Å². The van der Waals surface area contributed by atoms with Gasteiger partial charge in [0.05, 0.1) is 12.1 Å². The minimum absolute atomic E-state index is 0.403. The molecule has 1 aromatic rings. The lowest BCUT2D eigenvalue weighted by Gasteiger charge is -2.12. The van der Waals surface area contributed by atoms with Crippen molar-refractivity contribution in [2.24, 2.45) is 0 Å². The topological polar surface area (TPSA) is 82.9 Å². The third-order valence-corrected chi connectivity index (χ3v) is 4.86. The maximum absolute atomic E-state index is 11.6. The van der Waals surface area contributed by atoms with Crippen LogP contribution in [0.25, 0.3) is 0 Å². The van der Waals surface area contributed by atoms with Gasteiger partial charge in [-0.3, -0.25) is 0 Å². The highest BCUT2D eigenvalue weighted by molar-refractivity contribution is 7.90. The Labute approximate surface area is 99.2 Å². The Balaban J connectivity index is 2.80. The highest BCUT2D eigenvalue weighted by Gasteiger charge is 2.23. The Bertz CT molecular complexity index is 501. The van der Waals surface area contributed by atoms with E-state index >= 15 is 0 Å². The number of rotatable bonds is 4. The molecular formula is C9H13N3O2S2. The fourth-order valence-electron chi connectivity index (χ4n) is 1.04. The third-order valence-electron chi connectivity index (χ3n) is 2.00. The van der Waals surface area contributed by atoms with Crippen molar-refractivity contribution >= 4 is 21.4 Å². The number of thiazole rings is 1. The average Bonchev–Trinajstić information content (AvgIpc) is 2.63. The largest absolute Gasteiger partial charge is 0.245 e. The van der Waals surface area contributed by atoms with Crippen LogP contribution in [0.3, 0.4) is 0 Å². The van der Waals surface area contributed by atoms with E-state index in [4.69, 9.17) is 5.26 Å². The van der Waals surface area contributed by atoms with Gasteiger partial charge in [-0.05, 0) is 20.8 Å². The van der Waals surface area contributed by atoms with Crippen LogP contribution < -0.4 is 4.72 Å². The number of nitrogens with one attached hydrogen (secondary N) is 1. The normalized spacial score (nSPS) is 15.4. The summed E-state index contributed by atoms with van der Waals surface area (Å²) >= 11 is 1.40. The summed E-state index contributed by atoms with van der Waals surface area (Å²) in [7, 11) is -3.59. The molecule has 0 aliphatic heterocycles. The number of hydrogen-bond acceptors (Lipinski definition) is 5. The van der Waals surface area contributed by atoms with Crippen molar-refractivity contribution < 1.29 is 8.42 Å². The molecule has 16 heavy (non-hydrogen) atoms. The first-order valence-corrected chi connectivity index (χ1v) is 7.12. The second kappa shape index (κ2) is 4.91. The maximum Gasteiger partial charge on any atom is 0.228 e. The van der Waals surface area contributed by atoms with Crippen LogP contribution in [0.15, 0.2) is 5.38 Å². The van der Waals surface area contributed by atoms with Gasteiger partial charge in [0.2, 0.25) is 10.0 Å². The van der Waals surface area contributed by atoms with Gasteiger partial charge in [-0.1, -0.05) is 0 Å². The van der Waals surface area contributed by atoms with E-state index < -0.39 is 21.3 Å². The van der Waals surface area contributed by atoms with Crippen molar-refractivity contribution in [3.8, 4) is 6.07 Å². The number of hydrogen-bond donors (Lipinski definition) is 1. The van der Waals surface area contributed by atoms with E-state index in [-0.39, 0.29) is 0 Å². The molecule has 1 N–H and O–H groups in total. The van der Waals surface area contributed by atoms with Crippen LogP contribution in [0.5, 0.6) is 0 Å². The highest BCUT2D eigenvalue weighted by Crippen LogP contribution is 2.18. The maximum atomic E-state index is 11.6. The van der Waals surface area contributed by atoms with Crippen LogP contribution in [0, 0.1) is 18.3 Å². The van der Waals surface area contributed by atoms with E-state index in [0.717, 1.165) is 5.69 Å². The van der Waals surface area contributed by atoms with Gasteiger partial charge < -0.3 is 0 Å². The smallest absolute Gasteiger partial charge is 0.228 e. The summed E-state index contributed by atoms with van der Waals surface area (Å²) < 4.78 is 25.6. The first kappa shape index (κ1) is 13.1. The molecule has 2 unspecified atom stereocenters. The number of nitrogens with zero attached hydrogens (tertiary/aromatic N) is 2. The summed E-state index contributed by atoms with van der Waals surface area (Å²) in [5.74, 6) is 0. The van der Waals surface area contributed by atoms with E-state index in [0.29, 0.717) is 5.01 Å². The van der Waals surface area contributed by atoms with E-state index in [2.05, 4.69) is 9.71 Å². The Hall–Kier alpha value is -0.970. The van der Waals surface area contributed by atoms with Crippen LogP contribution >= 0.6 is 11.3 Å². The van der Waals surface area contributed by atoms with Gasteiger partial charge in [0.25, 0.3) is 0 Å². The average molecular weight is 259 g/mol. The van der Waals surface area contributed by atoms with E-state index in [1.807, 2.05) is 12.3 Å². The molecule has 0 spiro atoms. The van der Waals surface area contributed by atoms with Gasteiger partial charge in [-0.25, -0.2) is 18.1 Å². The van der Waals surface area contributed by atoms with Crippen molar-refractivity contribution in [2.45, 2.75) is 32.1 Å². The first-order chi connectivity index (χ1) is 7.36. The van der Waals surface area contributed by atoms with Crippen LogP contribution in [0.4, 0.5) is 0 Å². The van der Waals surface area contributed by atoms with Crippen LogP contribution in [0.2, 0.25) is 0 Å². The minimum atomic E-state index is -3.59. The molecule has 0 saturated heterocycles. The molecule has 0 saturated carbocycles.